The van der Waals surface area contributed by atoms with Crippen LogP contribution in [-0.2, 0) is 6.54 Å². The van der Waals surface area contributed by atoms with Crippen molar-refractivity contribution in [3.63, 3.8) is 0 Å². The number of aromatic hydroxyl groups is 1. The van der Waals surface area contributed by atoms with Crippen LogP contribution in [0, 0.1) is 18.3 Å². The number of carbonyl (C=O) groups is 1. The molecule has 1 aromatic heterocycles. The molecule has 1 heterocycles. The molecular weight excluding hydrogens is 312 g/mol. The van der Waals surface area contributed by atoms with E-state index in [9.17, 15) is 14.7 Å². The molecule has 0 unspecified atom stereocenters. The number of aromatic carboxylic acids is 1. The maximum absolute atomic E-state index is 12.3. The summed E-state index contributed by atoms with van der Waals surface area (Å²) in [5.41, 5.74) is 0.0523. The van der Waals surface area contributed by atoms with Crippen molar-refractivity contribution >= 4 is 17.3 Å². The fourth-order valence-electron chi connectivity index (χ4n) is 2.13. The van der Waals surface area contributed by atoms with Crippen molar-refractivity contribution in [1.82, 2.24) is 4.57 Å². The fourth-order valence-corrected chi connectivity index (χ4v) is 2.13. The lowest BCUT2D eigenvalue weighted by molar-refractivity contribution is 0.0697. The molecule has 0 bridgehead atoms. The van der Waals surface area contributed by atoms with Crippen molar-refractivity contribution in [3.05, 3.63) is 51.3 Å². The zero-order chi connectivity index (χ0) is 17.9. The summed E-state index contributed by atoms with van der Waals surface area (Å²) >= 11 is 0. The standard InChI is InChI=1S/C16H14N4O4/c1-3-20-14(21)12(8-17)9(2)13(15(20)22)19-18-11-6-4-10(5-7-11)16(23)24/h4-7,21H,3H2,1-2H3,(H,23,24). The number of azo groups is 1. The molecule has 122 valence electrons. The number of aromatic nitrogens is 1. The number of hydrogen-bond donors (Lipinski definition) is 2. The van der Waals surface area contributed by atoms with Crippen molar-refractivity contribution in [2.75, 3.05) is 0 Å². The lowest BCUT2D eigenvalue weighted by Gasteiger charge is -2.10. The molecule has 0 aliphatic heterocycles. The minimum absolute atomic E-state index is 0.0355. The smallest absolute Gasteiger partial charge is 0.335 e. The lowest BCUT2D eigenvalue weighted by Crippen LogP contribution is -2.20. The van der Waals surface area contributed by atoms with Gasteiger partial charge in [-0.3, -0.25) is 9.36 Å². The Hall–Kier alpha value is -3.47. The molecule has 0 fully saturated rings. The van der Waals surface area contributed by atoms with Gasteiger partial charge >= 0.3 is 5.97 Å². The van der Waals surface area contributed by atoms with Crippen molar-refractivity contribution in [1.29, 1.82) is 5.26 Å². The maximum Gasteiger partial charge on any atom is 0.335 e. The first kappa shape index (κ1) is 16.9. The van der Waals surface area contributed by atoms with Gasteiger partial charge in [-0.2, -0.15) is 10.4 Å². The van der Waals surface area contributed by atoms with E-state index in [2.05, 4.69) is 10.2 Å². The predicted molar refractivity (Wildman–Crippen MR) is 85.1 cm³/mol. The SMILES string of the molecule is CCn1c(O)c(C#N)c(C)c(N=Nc2ccc(C(=O)O)cc2)c1=O. The first-order valence-corrected chi connectivity index (χ1v) is 7.02. The summed E-state index contributed by atoms with van der Waals surface area (Å²) < 4.78 is 1.04. The van der Waals surface area contributed by atoms with Crippen LogP contribution in [0.25, 0.3) is 0 Å². The Bertz CT molecular complexity index is 921. The van der Waals surface area contributed by atoms with Gasteiger partial charge in [-0.25, -0.2) is 4.79 Å². The van der Waals surface area contributed by atoms with Crippen LogP contribution in [0.4, 0.5) is 11.4 Å². The maximum atomic E-state index is 12.3. The summed E-state index contributed by atoms with van der Waals surface area (Å²) in [7, 11) is 0. The number of carboxylic acid groups (broad SMARTS) is 1. The van der Waals surface area contributed by atoms with E-state index in [0.29, 0.717) is 5.69 Å². The van der Waals surface area contributed by atoms with E-state index in [1.165, 1.54) is 31.2 Å². The lowest BCUT2D eigenvalue weighted by atomic mass is 10.1. The third kappa shape index (κ3) is 3.01. The Labute approximate surface area is 136 Å². The van der Waals surface area contributed by atoms with Gasteiger partial charge in [-0.05, 0) is 38.1 Å². The van der Waals surface area contributed by atoms with Gasteiger partial charge in [0.1, 0.15) is 11.6 Å². The molecule has 0 amide bonds. The minimum atomic E-state index is -1.06. The number of benzene rings is 1. The highest BCUT2D eigenvalue weighted by Gasteiger charge is 2.18. The third-order valence-electron chi connectivity index (χ3n) is 3.46. The molecule has 8 heteroatoms. The average molecular weight is 326 g/mol. The molecular formula is C16H14N4O4. The fraction of sp³-hybridized carbons (Fsp3) is 0.188. The van der Waals surface area contributed by atoms with Crippen LogP contribution in [-0.4, -0.2) is 20.7 Å². The Morgan fingerprint density at radius 3 is 2.42 bits per heavy atom. The molecule has 0 aliphatic carbocycles. The number of pyridine rings is 1. The van der Waals surface area contributed by atoms with Crippen LogP contribution >= 0.6 is 0 Å². The van der Waals surface area contributed by atoms with Gasteiger partial charge in [0, 0.05) is 12.1 Å². The van der Waals surface area contributed by atoms with Crippen molar-refractivity contribution in [3.8, 4) is 11.9 Å². The minimum Gasteiger partial charge on any atom is -0.493 e. The Balaban J connectivity index is 2.51. The zero-order valence-corrected chi connectivity index (χ0v) is 13.0. The van der Waals surface area contributed by atoms with E-state index in [4.69, 9.17) is 10.4 Å². The summed E-state index contributed by atoms with van der Waals surface area (Å²) in [5, 5.41) is 35.7. The summed E-state index contributed by atoms with van der Waals surface area (Å²) in [6.45, 7) is 3.33. The molecule has 2 N–H and O–H groups in total. The van der Waals surface area contributed by atoms with E-state index >= 15 is 0 Å². The van der Waals surface area contributed by atoms with E-state index in [0.717, 1.165) is 4.57 Å². The highest BCUT2D eigenvalue weighted by atomic mass is 16.4. The molecule has 2 aromatic rings. The van der Waals surface area contributed by atoms with Gasteiger partial charge in [0.25, 0.3) is 5.56 Å². The van der Waals surface area contributed by atoms with Gasteiger partial charge in [0.05, 0.1) is 11.3 Å². The summed E-state index contributed by atoms with van der Waals surface area (Å²) in [6.07, 6.45) is 0. The van der Waals surface area contributed by atoms with E-state index in [1.54, 1.807) is 6.92 Å². The molecule has 0 saturated carbocycles. The number of carboxylic acids is 1. The Kier molecular flexibility index (Phi) is 4.75. The molecule has 1 aromatic carbocycles. The molecule has 0 saturated heterocycles. The Morgan fingerprint density at radius 2 is 1.92 bits per heavy atom. The van der Waals surface area contributed by atoms with E-state index in [1.807, 2.05) is 6.07 Å². The Morgan fingerprint density at radius 1 is 1.29 bits per heavy atom. The molecule has 8 nitrogen and oxygen atoms in total. The summed E-state index contributed by atoms with van der Waals surface area (Å²) in [6, 6.07) is 7.48. The summed E-state index contributed by atoms with van der Waals surface area (Å²) in [5.74, 6) is -1.45. The van der Waals surface area contributed by atoms with Crippen LogP contribution in [0.3, 0.4) is 0 Å². The van der Waals surface area contributed by atoms with Crippen molar-refractivity contribution in [2.45, 2.75) is 20.4 Å². The number of nitriles is 1. The highest BCUT2D eigenvalue weighted by Crippen LogP contribution is 2.26. The van der Waals surface area contributed by atoms with Crippen molar-refractivity contribution < 1.29 is 15.0 Å². The largest absolute Gasteiger partial charge is 0.493 e. The normalized spacial score (nSPS) is 10.7. The average Bonchev–Trinajstić information content (AvgIpc) is 2.56. The quantitative estimate of drug-likeness (QED) is 0.835. The monoisotopic (exact) mass is 326 g/mol. The molecule has 24 heavy (non-hydrogen) atoms. The first-order valence-electron chi connectivity index (χ1n) is 7.02. The van der Waals surface area contributed by atoms with Gasteiger partial charge in [-0.1, -0.05) is 0 Å². The second-order valence-electron chi connectivity index (χ2n) is 4.89. The van der Waals surface area contributed by atoms with Crippen LogP contribution < -0.4 is 5.56 Å². The van der Waals surface area contributed by atoms with E-state index in [-0.39, 0.29) is 28.9 Å². The summed E-state index contributed by atoms with van der Waals surface area (Å²) in [4.78, 5) is 23.1. The van der Waals surface area contributed by atoms with E-state index < -0.39 is 17.4 Å². The van der Waals surface area contributed by atoms with Crippen LogP contribution in [0.5, 0.6) is 5.88 Å². The second-order valence-corrected chi connectivity index (χ2v) is 4.89. The van der Waals surface area contributed by atoms with Crippen molar-refractivity contribution in [2.24, 2.45) is 10.2 Å². The third-order valence-corrected chi connectivity index (χ3v) is 3.46. The van der Waals surface area contributed by atoms with Crippen LogP contribution in [0.1, 0.15) is 28.4 Å². The van der Waals surface area contributed by atoms with Gasteiger partial charge in [0.2, 0.25) is 5.88 Å². The van der Waals surface area contributed by atoms with Gasteiger partial charge in [-0.15, -0.1) is 5.11 Å². The van der Waals surface area contributed by atoms with Crippen LogP contribution in [0.2, 0.25) is 0 Å². The predicted octanol–water partition coefficient (Wildman–Crippen LogP) is 2.87. The first-order chi connectivity index (χ1) is 11.4. The van der Waals surface area contributed by atoms with Gasteiger partial charge in [0.15, 0.2) is 5.69 Å². The number of nitrogens with zero attached hydrogens (tertiary/aromatic N) is 4. The zero-order valence-electron chi connectivity index (χ0n) is 13.0. The topological polar surface area (TPSA) is 128 Å². The number of rotatable bonds is 4. The molecule has 2 rings (SSSR count). The highest BCUT2D eigenvalue weighted by molar-refractivity contribution is 5.87. The second kappa shape index (κ2) is 6.75. The van der Waals surface area contributed by atoms with Gasteiger partial charge < -0.3 is 10.2 Å². The molecule has 0 atom stereocenters. The molecule has 0 spiro atoms. The number of hydrogen-bond acceptors (Lipinski definition) is 6. The van der Waals surface area contributed by atoms with Crippen LogP contribution in [0.15, 0.2) is 39.3 Å². The molecule has 0 radical (unpaired) electrons. The molecule has 0 aliphatic rings.